The summed E-state index contributed by atoms with van der Waals surface area (Å²) in [5.74, 6) is 0.193. The Morgan fingerprint density at radius 1 is 1.44 bits per heavy atom. The number of nitrogens with one attached hydrogen (secondary N) is 1. The van der Waals surface area contributed by atoms with E-state index < -0.39 is 12.1 Å². The molecular formula is C16H17ClN4O4. The molecule has 132 valence electrons. The number of rotatable bonds is 4. The molecule has 1 aliphatic heterocycles. The number of hydrogen-bond acceptors (Lipinski definition) is 6. The highest BCUT2D eigenvalue weighted by molar-refractivity contribution is 6.31. The summed E-state index contributed by atoms with van der Waals surface area (Å²) < 4.78 is 10.5. The average molecular weight is 365 g/mol. The van der Waals surface area contributed by atoms with E-state index in [0.29, 0.717) is 22.3 Å². The maximum absolute atomic E-state index is 12.8. The van der Waals surface area contributed by atoms with Gasteiger partial charge in [-0.3, -0.25) is 9.59 Å². The molecule has 0 spiro atoms. The second kappa shape index (κ2) is 7.20. The van der Waals surface area contributed by atoms with Crippen LogP contribution in [0.2, 0.25) is 5.02 Å². The van der Waals surface area contributed by atoms with E-state index in [0.717, 1.165) is 0 Å². The summed E-state index contributed by atoms with van der Waals surface area (Å²) in [6, 6.07) is 6.34. The van der Waals surface area contributed by atoms with E-state index >= 15 is 0 Å². The molecule has 0 bridgehead atoms. The van der Waals surface area contributed by atoms with Gasteiger partial charge in [0.25, 0.3) is 5.91 Å². The maximum Gasteiger partial charge on any atom is 0.254 e. The van der Waals surface area contributed by atoms with Crippen molar-refractivity contribution in [2.24, 2.45) is 0 Å². The number of carbonyl (C=O) groups excluding carboxylic acids is 2. The van der Waals surface area contributed by atoms with Crippen molar-refractivity contribution in [3.8, 4) is 0 Å². The molecule has 1 aromatic carbocycles. The highest BCUT2D eigenvalue weighted by atomic mass is 35.5. The number of morpholine rings is 1. The van der Waals surface area contributed by atoms with Crippen LogP contribution in [0, 0.1) is 6.92 Å². The van der Waals surface area contributed by atoms with Crippen LogP contribution in [-0.2, 0) is 20.9 Å². The smallest absolute Gasteiger partial charge is 0.254 e. The summed E-state index contributed by atoms with van der Waals surface area (Å²) in [6.45, 7) is 1.65. The molecule has 1 N–H and O–H groups in total. The fourth-order valence-electron chi connectivity index (χ4n) is 2.64. The molecule has 2 amide bonds. The highest BCUT2D eigenvalue weighted by Crippen LogP contribution is 2.29. The zero-order valence-electron chi connectivity index (χ0n) is 13.7. The van der Waals surface area contributed by atoms with E-state index in [4.69, 9.17) is 20.9 Å². The van der Waals surface area contributed by atoms with Crippen molar-refractivity contribution in [1.29, 1.82) is 0 Å². The van der Waals surface area contributed by atoms with Crippen LogP contribution in [0.5, 0.6) is 0 Å². The largest absolute Gasteiger partial charge is 0.356 e. The third-order valence-electron chi connectivity index (χ3n) is 3.82. The van der Waals surface area contributed by atoms with Crippen LogP contribution in [-0.4, -0.2) is 46.6 Å². The fraction of sp³-hybridized carbons (Fsp3) is 0.375. The first-order valence-electron chi connectivity index (χ1n) is 7.65. The lowest BCUT2D eigenvalue weighted by Gasteiger charge is -2.34. The normalized spacial score (nSPS) is 20.2. The minimum atomic E-state index is -0.897. The summed E-state index contributed by atoms with van der Waals surface area (Å²) in [6.07, 6.45) is -0.897. The van der Waals surface area contributed by atoms with Gasteiger partial charge in [-0.15, -0.1) is 0 Å². The molecule has 0 saturated carbocycles. The Bertz CT molecular complexity index is 794. The highest BCUT2D eigenvalue weighted by Gasteiger charge is 2.38. The number of hydrogen-bond donors (Lipinski definition) is 1. The predicted octanol–water partition coefficient (Wildman–Crippen LogP) is 1.25. The van der Waals surface area contributed by atoms with Gasteiger partial charge in [0.1, 0.15) is 6.61 Å². The molecule has 2 heterocycles. The molecule has 8 nitrogen and oxygen atoms in total. The van der Waals surface area contributed by atoms with Gasteiger partial charge in [-0.25, -0.2) is 0 Å². The monoisotopic (exact) mass is 364 g/mol. The van der Waals surface area contributed by atoms with Crippen molar-refractivity contribution in [3.05, 3.63) is 46.6 Å². The van der Waals surface area contributed by atoms with Crippen molar-refractivity contribution >= 4 is 23.4 Å². The van der Waals surface area contributed by atoms with E-state index in [-0.39, 0.29) is 25.0 Å². The van der Waals surface area contributed by atoms with Gasteiger partial charge in [0.2, 0.25) is 11.8 Å². The Hall–Kier alpha value is -2.45. The molecule has 0 radical (unpaired) electrons. The first kappa shape index (κ1) is 17.4. The molecule has 9 heteroatoms. The lowest BCUT2D eigenvalue weighted by molar-refractivity contribution is -0.155. The number of amides is 2. The molecular weight excluding hydrogens is 348 g/mol. The van der Waals surface area contributed by atoms with E-state index in [9.17, 15) is 9.59 Å². The van der Waals surface area contributed by atoms with Gasteiger partial charge in [-0.2, -0.15) is 4.98 Å². The first-order valence-corrected chi connectivity index (χ1v) is 8.03. The third-order valence-corrected chi connectivity index (χ3v) is 4.16. The third kappa shape index (κ3) is 3.80. The van der Waals surface area contributed by atoms with Crippen LogP contribution < -0.4 is 5.32 Å². The number of aryl methyl sites for hydroxylation is 1. The molecule has 2 aromatic rings. The van der Waals surface area contributed by atoms with Gasteiger partial charge in [0, 0.05) is 12.1 Å². The summed E-state index contributed by atoms with van der Waals surface area (Å²) in [5.41, 5.74) is 0.623. The number of carbonyl (C=O) groups is 2. The number of likely N-dealkylation sites (N-methyl/N-ethyl adjacent to an activating group) is 1. The zero-order chi connectivity index (χ0) is 18.0. The maximum atomic E-state index is 12.8. The van der Waals surface area contributed by atoms with Crippen LogP contribution >= 0.6 is 11.6 Å². The second-order valence-corrected chi connectivity index (χ2v) is 6.14. The van der Waals surface area contributed by atoms with Crippen molar-refractivity contribution in [2.45, 2.75) is 25.6 Å². The lowest BCUT2D eigenvalue weighted by atomic mass is 9.98. The topological polar surface area (TPSA) is 97.6 Å². The molecule has 1 aromatic heterocycles. The van der Waals surface area contributed by atoms with Gasteiger partial charge < -0.3 is 19.5 Å². The molecule has 1 fully saturated rings. The number of nitrogens with zero attached hydrogens (tertiary/aromatic N) is 3. The van der Waals surface area contributed by atoms with Crippen molar-refractivity contribution < 1.29 is 18.8 Å². The molecule has 3 rings (SSSR count). The molecule has 1 aliphatic rings. The number of benzene rings is 1. The Kier molecular flexibility index (Phi) is 5.00. The number of halogens is 1. The average Bonchev–Trinajstić information content (AvgIpc) is 2.99. The Balaban J connectivity index is 1.81. The molecule has 0 aliphatic carbocycles. The Labute approximate surface area is 149 Å². The number of ether oxygens (including phenoxy) is 1. The van der Waals surface area contributed by atoms with Crippen LogP contribution in [0.3, 0.4) is 0 Å². The van der Waals surface area contributed by atoms with E-state index in [1.54, 1.807) is 38.2 Å². The predicted molar refractivity (Wildman–Crippen MR) is 87.6 cm³/mol. The first-order chi connectivity index (χ1) is 12.0. The van der Waals surface area contributed by atoms with Crippen LogP contribution in [0.15, 0.2) is 28.8 Å². The number of aromatic nitrogens is 2. The van der Waals surface area contributed by atoms with Gasteiger partial charge >= 0.3 is 0 Å². The van der Waals surface area contributed by atoms with Crippen molar-refractivity contribution in [3.63, 3.8) is 0 Å². The van der Waals surface area contributed by atoms with E-state index in [1.165, 1.54) is 4.90 Å². The van der Waals surface area contributed by atoms with Crippen LogP contribution in [0.1, 0.15) is 23.3 Å². The second-order valence-electron chi connectivity index (χ2n) is 5.73. The van der Waals surface area contributed by atoms with E-state index in [1.807, 2.05) is 0 Å². The Morgan fingerprint density at radius 2 is 2.20 bits per heavy atom. The Morgan fingerprint density at radius 3 is 2.88 bits per heavy atom. The summed E-state index contributed by atoms with van der Waals surface area (Å²) in [7, 11) is 1.60. The standard InChI is InChI=1S/C16H17ClN4O4/c1-9-18-13(25-20-9)7-21(2)16(23)15-14(19-12(22)8-24-15)10-5-3-4-6-11(10)17/h3-6,14-15H,7-8H2,1-2H3,(H,19,22). The summed E-state index contributed by atoms with van der Waals surface area (Å²) in [5, 5.41) is 6.93. The molecule has 2 atom stereocenters. The summed E-state index contributed by atoms with van der Waals surface area (Å²) in [4.78, 5) is 30.1. The lowest BCUT2D eigenvalue weighted by Crippen LogP contribution is -2.52. The molecule has 25 heavy (non-hydrogen) atoms. The van der Waals surface area contributed by atoms with Crippen molar-refractivity contribution in [2.75, 3.05) is 13.7 Å². The van der Waals surface area contributed by atoms with Crippen molar-refractivity contribution in [1.82, 2.24) is 20.4 Å². The van der Waals surface area contributed by atoms with Gasteiger partial charge in [-0.1, -0.05) is 35.0 Å². The molecule has 1 saturated heterocycles. The fourth-order valence-corrected chi connectivity index (χ4v) is 2.89. The van der Waals surface area contributed by atoms with Crippen LogP contribution in [0.4, 0.5) is 0 Å². The minimum Gasteiger partial charge on any atom is -0.356 e. The molecule has 2 unspecified atom stereocenters. The zero-order valence-corrected chi connectivity index (χ0v) is 14.5. The van der Waals surface area contributed by atoms with Gasteiger partial charge in [-0.05, 0) is 18.6 Å². The van der Waals surface area contributed by atoms with Gasteiger partial charge in [0.05, 0.1) is 12.6 Å². The quantitative estimate of drug-likeness (QED) is 0.876. The van der Waals surface area contributed by atoms with E-state index in [2.05, 4.69) is 15.5 Å². The summed E-state index contributed by atoms with van der Waals surface area (Å²) >= 11 is 6.22. The van der Waals surface area contributed by atoms with Crippen LogP contribution in [0.25, 0.3) is 0 Å². The van der Waals surface area contributed by atoms with Gasteiger partial charge in [0.15, 0.2) is 11.9 Å². The minimum absolute atomic E-state index is 0.142. The SMILES string of the molecule is Cc1noc(CN(C)C(=O)C2OCC(=O)NC2c2ccccc2Cl)n1.